The van der Waals surface area contributed by atoms with E-state index in [1.807, 2.05) is 56.3 Å². The molecule has 0 unspecified atom stereocenters. The van der Waals surface area contributed by atoms with E-state index in [4.69, 9.17) is 11.6 Å². The summed E-state index contributed by atoms with van der Waals surface area (Å²) in [4.78, 5) is -0.346. The minimum atomic E-state index is -4.44. The fourth-order valence-electron chi connectivity index (χ4n) is 4.84. The van der Waals surface area contributed by atoms with Crippen molar-refractivity contribution in [2.45, 2.75) is 70.6 Å². The van der Waals surface area contributed by atoms with Crippen LogP contribution in [0, 0.1) is 5.41 Å². The molecule has 0 atom stereocenters. The molecule has 0 bridgehead atoms. The molecular weight excluding hydrogens is 508 g/mol. The summed E-state index contributed by atoms with van der Waals surface area (Å²) >= 11 is 6.22. The molecule has 0 aliphatic heterocycles. The number of benzene rings is 3. The van der Waals surface area contributed by atoms with Crippen LogP contribution in [0.5, 0.6) is 5.75 Å². The third-order valence-corrected chi connectivity index (χ3v) is 7.66. The Morgan fingerprint density at radius 1 is 0.811 bits per heavy atom. The Morgan fingerprint density at radius 3 is 1.97 bits per heavy atom. The predicted octanol–water partition coefficient (Wildman–Crippen LogP) is 8.75. The molecule has 0 fully saturated rings. The lowest BCUT2D eigenvalue weighted by Crippen LogP contribution is -2.26. The average molecular weight is 543 g/mol. The maximum absolute atomic E-state index is 11.6. The van der Waals surface area contributed by atoms with Crippen LogP contribution < -0.4 is 0 Å². The largest absolute Gasteiger partial charge is 0.505 e. The Morgan fingerprint density at radius 2 is 1.41 bits per heavy atom. The van der Waals surface area contributed by atoms with E-state index in [0.717, 1.165) is 23.6 Å². The van der Waals surface area contributed by atoms with Gasteiger partial charge in [-0.05, 0) is 52.6 Å². The van der Waals surface area contributed by atoms with Crippen molar-refractivity contribution < 1.29 is 18.1 Å². The smallest absolute Gasteiger partial charge is 0.294 e. The third kappa shape index (κ3) is 6.78. The first-order valence-electron chi connectivity index (χ1n) is 12.0. The Balaban J connectivity index is 2.23. The summed E-state index contributed by atoms with van der Waals surface area (Å²) in [6.45, 7) is 15.0. The minimum absolute atomic E-state index is 0.0185. The van der Waals surface area contributed by atoms with E-state index in [0.29, 0.717) is 5.56 Å². The number of azo groups is 1. The van der Waals surface area contributed by atoms with E-state index >= 15 is 0 Å². The molecule has 0 heterocycles. The standard InChI is InChI=1S/C29H35ClN2O4S/c1-27(2,3)18-28(4,5)20-15-22(29(6,7)19-11-9-8-10-12-19)26(33)25(16-20)32-31-24-17-21(37(34,35)36)13-14-23(24)30/h8-17,33H,18H2,1-7H3,(H,34,35,36)/b32-31+. The first kappa shape index (κ1) is 28.8. The first-order chi connectivity index (χ1) is 16.9. The summed E-state index contributed by atoms with van der Waals surface area (Å²) in [5, 5.41) is 20.0. The number of halogens is 1. The summed E-state index contributed by atoms with van der Waals surface area (Å²) in [7, 11) is -4.44. The Bertz CT molecular complexity index is 1420. The van der Waals surface area contributed by atoms with Crippen LogP contribution in [0.4, 0.5) is 11.4 Å². The normalized spacial score (nSPS) is 13.3. The van der Waals surface area contributed by atoms with Crippen LogP contribution >= 0.6 is 11.6 Å². The van der Waals surface area contributed by atoms with Crippen molar-refractivity contribution in [1.82, 2.24) is 0 Å². The maximum atomic E-state index is 11.6. The lowest BCUT2D eigenvalue weighted by molar-refractivity contribution is 0.283. The topological polar surface area (TPSA) is 99.3 Å². The van der Waals surface area contributed by atoms with Crippen LogP contribution in [0.25, 0.3) is 0 Å². The number of nitrogens with zero attached hydrogens (tertiary/aromatic N) is 2. The van der Waals surface area contributed by atoms with Gasteiger partial charge in [0.15, 0.2) is 0 Å². The third-order valence-electron chi connectivity index (χ3n) is 6.49. The van der Waals surface area contributed by atoms with Crippen molar-refractivity contribution in [3.8, 4) is 5.75 Å². The molecule has 0 aliphatic carbocycles. The van der Waals surface area contributed by atoms with E-state index in [1.54, 1.807) is 0 Å². The molecule has 0 amide bonds. The summed E-state index contributed by atoms with van der Waals surface area (Å²) < 4.78 is 32.6. The zero-order valence-corrected chi connectivity index (χ0v) is 23.9. The van der Waals surface area contributed by atoms with E-state index in [2.05, 4.69) is 44.8 Å². The van der Waals surface area contributed by atoms with Gasteiger partial charge in [0.05, 0.1) is 9.92 Å². The highest BCUT2D eigenvalue weighted by molar-refractivity contribution is 7.85. The predicted molar refractivity (Wildman–Crippen MR) is 149 cm³/mol. The van der Waals surface area contributed by atoms with Crippen LogP contribution in [0.2, 0.25) is 5.02 Å². The summed E-state index contributed by atoms with van der Waals surface area (Å²) in [6, 6.07) is 17.4. The minimum Gasteiger partial charge on any atom is -0.505 e. The lowest BCUT2D eigenvalue weighted by Gasteiger charge is -2.35. The molecule has 3 aromatic rings. The Kier molecular flexibility index (Phi) is 7.94. The second kappa shape index (κ2) is 10.2. The molecule has 8 heteroatoms. The van der Waals surface area contributed by atoms with Crippen LogP contribution in [-0.4, -0.2) is 18.1 Å². The first-order valence-corrected chi connectivity index (χ1v) is 13.9. The van der Waals surface area contributed by atoms with Crippen LogP contribution in [0.15, 0.2) is 75.8 Å². The Hall–Kier alpha value is -2.74. The van der Waals surface area contributed by atoms with Gasteiger partial charge in [0, 0.05) is 11.0 Å². The zero-order chi connectivity index (χ0) is 27.8. The monoisotopic (exact) mass is 542 g/mol. The highest BCUT2D eigenvalue weighted by Crippen LogP contribution is 2.47. The van der Waals surface area contributed by atoms with Crippen molar-refractivity contribution in [1.29, 1.82) is 0 Å². The number of phenols is 1. The van der Waals surface area contributed by atoms with Gasteiger partial charge in [-0.1, -0.05) is 96.5 Å². The molecule has 0 aromatic heterocycles. The quantitative estimate of drug-likeness (QED) is 0.230. The van der Waals surface area contributed by atoms with Crippen molar-refractivity contribution in [2.24, 2.45) is 15.6 Å². The lowest BCUT2D eigenvalue weighted by atomic mass is 9.70. The number of aromatic hydroxyl groups is 1. The van der Waals surface area contributed by atoms with E-state index in [-0.39, 0.29) is 37.9 Å². The molecule has 37 heavy (non-hydrogen) atoms. The van der Waals surface area contributed by atoms with Crippen molar-refractivity contribution in [2.75, 3.05) is 0 Å². The summed E-state index contributed by atoms with van der Waals surface area (Å²) in [5.74, 6) is -0.0185. The van der Waals surface area contributed by atoms with E-state index in [1.165, 1.54) is 12.1 Å². The van der Waals surface area contributed by atoms with Gasteiger partial charge in [-0.3, -0.25) is 4.55 Å². The van der Waals surface area contributed by atoms with Crippen molar-refractivity contribution in [3.05, 3.63) is 82.4 Å². The van der Waals surface area contributed by atoms with Crippen molar-refractivity contribution >= 4 is 33.1 Å². The summed E-state index contributed by atoms with van der Waals surface area (Å²) in [6.07, 6.45) is 0.884. The molecule has 0 spiro atoms. The maximum Gasteiger partial charge on any atom is 0.294 e. The number of rotatable bonds is 7. The average Bonchev–Trinajstić information content (AvgIpc) is 2.77. The van der Waals surface area contributed by atoms with Gasteiger partial charge < -0.3 is 5.11 Å². The molecule has 6 nitrogen and oxygen atoms in total. The fourth-order valence-corrected chi connectivity index (χ4v) is 5.49. The number of phenolic OH excluding ortho intramolecular Hbond substituents is 1. The van der Waals surface area contributed by atoms with Gasteiger partial charge >= 0.3 is 0 Å². The van der Waals surface area contributed by atoms with Gasteiger partial charge in [0.25, 0.3) is 10.1 Å². The number of hydrogen-bond donors (Lipinski definition) is 2. The second-order valence-electron chi connectivity index (χ2n) is 11.8. The highest BCUT2D eigenvalue weighted by Gasteiger charge is 2.33. The molecule has 0 saturated carbocycles. The molecule has 0 radical (unpaired) electrons. The van der Waals surface area contributed by atoms with Crippen LogP contribution in [-0.2, 0) is 20.9 Å². The molecule has 3 aromatic carbocycles. The SMILES string of the molecule is CC(C)(C)CC(C)(C)c1cc(/N=N/c2cc(S(=O)(=O)O)ccc2Cl)c(O)c(C(C)(C)c2ccccc2)c1. The highest BCUT2D eigenvalue weighted by atomic mass is 35.5. The molecule has 198 valence electrons. The molecule has 2 N–H and O–H groups in total. The second-order valence-corrected chi connectivity index (χ2v) is 13.6. The van der Waals surface area contributed by atoms with Crippen LogP contribution in [0.1, 0.15) is 71.6 Å². The van der Waals surface area contributed by atoms with Gasteiger partial charge in [0.1, 0.15) is 17.1 Å². The number of hydrogen-bond acceptors (Lipinski definition) is 5. The van der Waals surface area contributed by atoms with Crippen LogP contribution in [0.3, 0.4) is 0 Å². The van der Waals surface area contributed by atoms with Gasteiger partial charge in [0.2, 0.25) is 0 Å². The van der Waals surface area contributed by atoms with E-state index < -0.39 is 15.5 Å². The zero-order valence-electron chi connectivity index (χ0n) is 22.4. The molecule has 3 rings (SSSR count). The van der Waals surface area contributed by atoms with Crippen molar-refractivity contribution in [3.63, 3.8) is 0 Å². The van der Waals surface area contributed by atoms with Gasteiger partial charge in [-0.2, -0.15) is 8.42 Å². The summed E-state index contributed by atoms with van der Waals surface area (Å²) in [5.41, 5.74) is 2.28. The van der Waals surface area contributed by atoms with E-state index in [9.17, 15) is 18.1 Å². The van der Waals surface area contributed by atoms with Gasteiger partial charge in [-0.15, -0.1) is 10.2 Å². The Labute approximate surface area is 225 Å². The van der Waals surface area contributed by atoms with Gasteiger partial charge in [-0.25, -0.2) is 0 Å². The molecule has 0 aliphatic rings. The molecule has 0 saturated heterocycles. The fraction of sp³-hybridized carbons (Fsp3) is 0.379. The molecular formula is C29H35ClN2O4S.